The molecule has 0 unspecified atom stereocenters. The summed E-state index contributed by atoms with van der Waals surface area (Å²) in [6.07, 6.45) is 15.1. The molecule has 0 saturated carbocycles. The molecule has 0 saturated heterocycles. The smallest absolute Gasteiger partial charge is 0.415 e. The van der Waals surface area contributed by atoms with Crippen molar-refractivity contribution in [3.05, 3.63) is 161 Å². The molecule has 2 atom stereocenters. The maximum Gasteiger partial charge on any atom is 0.415 e. The molecular formula is C51H68N9O5Pd-. The van der Waals surface area contributed by atoms with Gasteiger partial charge in [0.05, 0.1) is 12.4 Å². The summed E-state index contributed by atoms with van der Waals surface area (Å²) in [5.41, 5.74) is 7.55. The Hall–Kier alpha value is -5.91. The van der Waals surface area contributed by atoms with E-state index in [-0.39, 0.29) is 86.4 Å². The Balaban J connectivity index is 0.000000341. The number of aromatic nitrogens is 4. The number of hydrogen-bond acceptors (Lipinski definition) is 9. The number of ether oxygens (including phenoxy) is 1. The second-order valence-corrected chi connectivity index (χ2v) is 16.8. The van der Waals surface area contributed by atoms with Gasteiger partial charge in [0.15, 0.2) is 0 Å². The predicted octanol–water partition coefficient (Wildman–Crippen LogP) is 8.82. The summed E-state index contributed by atoms with van der Waals surface area (Å²) in [6.45, 7) is 21.1. The van der Waals surface area contributed by atoms with E-state index in [1.807, 2.05) is 68.5 Å². The quantitative estimate of drug-likeness (QED) is 0.0220. The minimum atomic E-state index is -0.614. The van der Waals surface area contributed by atoms with Crippen LogP contribution in [0.15, 0.2) is 115 Å². The van der Waals surface area contributed by atoms with Gasteiger partial charge in [0.2, 0.25) is 5.91 Å². The second-order valence-electron chi connectivity index (χ2n) is 16.8. The van der Waals surface area contributed by atoms with Crippen molar-refractivity contribution in [2.75, 3.05) is 23.3 Å². The summed E-state index contributed by atoms with van der Waals surface area (Å²) in [7, 11) is 0. The van der Waals surface area contributed by atoms with E-state index in [0.29, 0.717) is 49.4 Å². The van der Waals surface area contributed by atoms with Crippen molar-refractivity contribution in [3.63, 3.8) is 0 Å². The van der Waals surface area contributed by atoms with Crippen LogP contribution in [0.3, 0.4) is 0 Å². The van der Waals surface area contributed by atoms with Crippen LogP contribution in [0, 0.1) is 12.8 Å². The summed E-state index contributed by atoms with van der Waals surface area (Å²) >= 11 is 0. The molecule has 2 aliphatic heterocycles. The average Bonchev–Trinajstić information content (AvgIpc) is 3.76. The fraction of sp³-hybridized carbons (Fsp3) is 0.412. The van der Waals surface area contributed by atoms with Crippen LogP contribution in [0.2, 0.25) is 0 Å². The molecule has 0 fully saturated rings. The van der Waals surface area contributed by atoms with Crippen LogP contribution < -0.4 is 32.4 Å². The van der Waals surface area contributed by atoms with Crippen LogP contribution in [0.4, 0.5) is 16.2 Å². The minimum Gasteiger partial charge on any atom is -0.444 e. The van der Waals surface area contributed by atoms with E-state index in [4.69, 9.17) is 20.9 Å². The van der Waals surface area contributed by atoms with Gasteiger partial charge in [0.25, 0.3) is 11.1 Å². The summed E-state index contributed by atoms with van der Waals surface area (Å²) in [5.74, 6) is 1.29. The number of amidine groups is 1. The molecule has 2 amide bonds. The first kappa shape index (κ1) is 54.4. The number of nitrogens with zero attached hydrogens (tertiary/aromatic N) is 5. The first-order valence-electron chi connectivity index (χ1n) is 22.3. The van der Waals surface area contributed by atoms with Crippen molar-refractivity contribution >= 4 is 29.2 Å². The number of fused-ring (bicyclic) bond motifs is 2. The average molecular weight is 994 g/mol. The van der Waals surface area contributed by atoms with Gasteiger partial charge in [-0.25, -0.2) is 14.8 Å². The number of amides is 2. The van der Waals surface area contributed by atoms with Crippen LogP contribution in [-0.2, 0) is 53.9 Å². The van der Waals surface area contributed by atoms with E-state index in [2.05, 4.69) is 49.2 Å². The molecule has 2 aromatic carbocycles. The molecule has 15 heteroatoms. The van der Waals surface area contributed by atoms with E-state index in [9.17, 15) is 19.2 Å². The number of anilines is 2. The largest absolute Gasteiger partial charge is 0.444 e. The molecule has 0 aliphatic carbocycles. The molecule has 358 valence electrons. The number of carbonyl (C=O) groups excluding carboxylic acids is 2. The molecule has 2 aliphatic rings. The third-order valence-corrected chi connectivity index (χ3v) is 12.1. The van der Waals surface area contributed by atoms with E-state index in [1.54, 1.807) is 33.5 Å². The molecular weight excluding hydrogens is 925 g/mol. The first-order chi connectivity index (χ1) is 30.8. The number of allylic oxidation sites excluding steroid dienone is 2. The molecule has 4 aromatic rings. The third kappa shape index (κ3) is 12.1. The number of nitrogens with two attached hydrogens (primary N) is 1. The maximum absolute atomic E-state index is 13.5. The van der Waals surface area contributed by atoms with Gasteiger partial charge in [0.1, 0.15) is 41.5 Å². The van der Waals surface area contributed by atoms with Crippen LogP contribution in [0.1, 0.15) is 126 Å². The monoisotopic (exact) mass is 992 g/mol. The zero-order chi connectivity index (χ0) is 46.4. The van der Waals surface area contributed by atoms with Gasteiger partial charge in [-0.2, -0.15) is 0 Å². The second kappa shape index (κ2) is 25.1. The van der Waals surface area contributed by atoms with Crippen molar-refractivity contribution < 1.29 is 34.7 Å². The zero-order valence-electron chi connectivity index (χ0n) is 39.2. The molecule has 66 heavy (non-hydrogen) atoms. The summed E-state index contributed by atoms with van der Waals surface area (Å²) in [4.78, 5) is 63.7. The zero-order valence-corrected chi connectivity index (χ0v) is 40.8. The van der Waals surface area contributed by atoms with Crippen LogP contribution in [-0.4, -0.2) is 50.0 Å². The number of rotatable bonds is 20. The van der Waals surface area contributed by atoms with Crippen LogP contribution in [0.5, 0.6) is 0 Å². The molecule has 2 aromatic heterocycles. The number of nitrogens with one attached hydrogen (secondary N) is 3. The van der Waals surface area contributed by atoms with Crippen molar-refractivity contribution in [1.82, 2.24) is 24.4 Å². The Morgan fingerprint density at radius 2 is 1.48 bits per heavy atom. The minimum absolute atomic E-state index is 0. The summed E-state index contributed by atoms with van der Waals surface area (Å²) < 4.78 is 8.79. The van der Waals surface area contributed by atoms with Crippen molar-refractivity contribution in [3.8, 4) is 0 Å². The Kier molecular flexibility index (Phi) is 20.7. The van der Waals surface area contributed by atoms with Crippen LogP contribution in [0.25, 0.3) is 0 Å². The van der Waals surface area contributed by atoms with E-state index >= 15 is 0 Å². The first-order valence-corrected chi connectivity index (χ1v) is 22.3. The normalized spacial score (nSPS) is 15.8. The van der Waals surface area contributed by atoms with Gasteiger partial charge in [0, 0.05) is 62.5 Å². The van der Waals surface area contributed by atoms with Gasteiger partial charge in [-0.05, 0) is 63.0 Å². The Morgan fingerprint density at radius 1 is 0.864 bits per heavy atom. The number of benzene rings is 2. The van der Waals surface area contributed by atoms with Gasteiger partial charge in [-0.3, -0.25) is 33.8 Å². The number of hydrogen-bond donors (Lipinski definition) is 4. The topological polar surface area (TPSA) is 190 Å². The third-order valence-electron chi connectivity index (χ3n) is 12.1. The molecule has 0 bridgehead atoms. The van der Waals surface area contributed by atoms with Gasteiger partial charge < -0.3 is 28.5 Å². The maximum atomic E-state index is 13.5. The molecule has 0 radical (unpaired) electrons. The van der Waals surface area contributed by atoms with Crippen LogP contribution >= 0.6 is 0 Å². The fourth-order valence-electron chi connectivity index (χ4n) is 9.29. The Morgan fingerprint density at radius 3 is 2.06 bits per heavy atom. The SMILES string of the molecule is C=CCN(C(=O)OCc1ccccc1)c1cnc2n(c1=O)[C@H](C)CC2(CC=C)CC=C.CCCNc1cnc2n(c1=O)[C@H](C(=O)NCc1ccc(C(=N)N)cc1)CC2(CCC)CCC.[CH3-].[Pd]. The van der Waals surface area contributed by atoms with E-state index in [1.165, 1.54) is 11.1 Å². The van der Waals surface area contributed by atoms with Crippen molar-refractivity contribution in [1.29, 1.82) is 5.41 Å². The fourth-order valence-corrected chi connectivity index (χ4v) is 9.29. The molecule has 4 heterocycles. The van der Waals surface area contributed by atoms with E-state index < -0.39 is 12.1 Å². The van der Waals surface area contributed by atoms with Crippen molar-refractivity contribution in [2.45, 2.75) is 122 Å². The molecule has 6 rings (SSSR count). The van der Waals surface area contributed by atoms with Gasteiger partial charge in [-0.1, -0.05) is 106 Å². The number of carbonyl (C=O) groups is 2. The summed E-state index contributed by atoms with van der Waals surface area (Å²) in [6, 6.07) is 16.0. The molecule has 5 N–H and O–H groups in total. The molecule has 0 spiro atoms. The predicted molar refractivity (Wildman–Crippen MR) is 261 cm³/mol. The molecule has 14 nitrogen and oxygen atoms in total. The number of nitrogen functional groups attached to an aromatic ring is 1. The van der Waals surface area contributed by atoms with Gasteiger partial charge in [-0.15, -0.1) is 19.7 Å². The Labute approximate surface area is 404 Å². The van der Waals surface area contributed by atoms with Crippen molar-refractivity contribution in [2.24, 2.45) is 5.73 Å². The Bertz CT molecular complexity index is 2400. The standard InChI is InChI=1S/C25H36N6O2.C25H29N3O3.CH3.Pd/c1-4-11-25(12-5-2)14-20(31-23(33)19(28-13-6-3)16-30-24(25)31)22(32)29-15-17-7-9-18(10-8-17)21(26)27;1-5-13-25(14-6-2)16-19(4)28-22(29)21(17-26-23(25)28)27(15-7-3)24(30)31-18-20-11-9-8-10-12-20;;/h7-10,16,20,28H,4-6,11-15H2,1-3H3,(H3,26,27)(H,29,32);5-12,17,19H,1-3,13-16,18H2,4H3;1H3;/q;;-1;/t20-;19-;;/m01../s1. The van der Waals surface area contributed by atoms with E-state index in [0.717, 1.165) is 55.5 Å². The summed E-state index contributed by atoms with van der Waals surface area (Å²) in [5, 5.41) is 13.7. The van der Waals surface area contributed by atoms with Gasteiger partial charge >= 0.3 is 6.09 Å².